The molecule has 0 aliphatic carbocycles. The van der Waals surface area contributed by atoms with Gasteiger partial charge >= 0.3 is 0 Å². The smallest absolute Gasteiger partial charge is 0.215 e. The average molecular weight is 759 g/mol. The van der Waals surface area contributed by atoms with E-state index in [0.29, 0.717) is 5.56 Å². The van der Waals surface area contributed by atoms with Gasteiger partial charge in [-0.1, -0.05) is 127 Å². The van der Waals surface area contributed by atoms with Crippen LogP contribution < -0.4 is 5.73 Å². The van der Waals surface area contributed by atoms with Crippen LogP contribution in [0.2, 0.25) is 0 Å². The number of ether oxygens (including phenoxy) is 1. The predicted octanol–water partition coefficient (Wildman–Crippen LogP) is 13.4. The van der Waals surface area contributed by atoms with Gasteiger partial charge in [-0.15, -0.1) is 0 Å². The highest BCUT2D eigenvalue weighted by molar-refractivity contribution is 6.14. The largest absolute Gasteiger partial charge is 0.454 e. The molecule has 0 spiro atoms. The van der Waals surface area contributed by atoms with E-state index in [-0.39, 0.29) is 5.90 Å². The molecule has 2 heterocycles. The Labute approximate surface area is 341 Å². The predicted molar refractivity (Wildman–Crippen MR) is 245 cm³/mol. The van der Waals surface area contributed by atoms with Gasteiger partial charge in [0.1, 0.15) is 0 Å². The van der Waals surface area contributed by atoms with E-state index in [1.807, 2.05) is 54.6 Å². The van der Waals surface area contributed by atoms with Crippen molar-refractivity contribution in [1.82, 2.24) is 9.13 Å². The Morgan fingerprint density at radius 1 is 0.424 bits per heavy atom. The monoisotopic (exact) mass is 758 g/mol. The zero-order valence-electron chi connectivity index (χ0n) is 32.1. The first kappa shape index (κ1) is 34.5. The number of nitrogens with two attached hydrogens (primary N) is 1. The van der Waals surface area contributed by atoms with Crippen LogP contribution in [-0.4, -0.2) is 15.0 Å². The lowest BCUT2D eigenvalue weighted by molar-refractivity contribution is 0.199. The van der Waals surface area contributed by atoms with E-state index in [4.69, 9.17) is 15.9 Å². The van der Waals surface area contributed by atoms with Crippen molar-refractivity contribution in [3.63, 3.8) is 0 Å². The second-order valence-electron chi connectivity index (χ2n) is 15.1. The number of nitrogens with one attached hydrogen (secondary N) is 1. The number of rotatable bonds is 7. The maximum Gasteiger partial charge on any atom is 0.215 e. The van der Waals surface area contributed by atoms with Crippen molar-refractivity contribution < 1.29 is 4.74 Å². The Kier molecular flexibility index (Phi) is 8.21. The second kappa shape index (κ2) is 14.0. The molecule has 0 aliphatic rings. The molecule has 0 amide bonds. The summed E-state index contributed by atoms with van der Waals surface area (Å²) in [6, 6.07) is 72.5. The van der Waals surface area contributed by atoms with Crippen LogP contribution in [0.4, 0.5) is 0 Å². The molecule has 0 saturated carbocycles. The number of para-hydroxylation sites is 2. The normalized spacial score (nSPS) is 12.2. The Bertz CT molecular complexity index is 3380. The molecule has 11 rings (SSSR count). The van der Waals surface area contributed by atoms with Gasteiger partial charge in [-0.3, -0.25) is 11.1 Å². The Hall–Kier alpha value is -7.73. The molecule has 0 aliphatic heterocycles. The zero-order valence-corrected chi connectivity index (χ0v) is 32.1. The van der Waals surface area contributed by atoms with Crippen LogP contribution in [0.5, 0.6) is 0 Å². The number of benzene rings is 9. The lowest BCUT2D eigenvalue weighted by Gasteiger charge is -2.16. The number of hydrogen-bond acceptors (Lipinski definition) is 3. The zero-order chi connectivity index (χ0) is 39.5. The van der Waals surface area contributed by atoms with Crippen LogP contribution in [0.15, 0.2) is 206 Å². The number of nitrogens with zero attached hydrogens (tertiary/aromatic N) is 2. The maximum absolute atomic E-state index is 8.63. The van der Waals surface area contributed by atoms with E-state index in [1.165, 1.54) is 54.5 Å². The van der Waals surface area contributed by atoms with Crippen molar-refractivity contribution >= 4 is 60.3 Å². The summed E-state index contributed by atoms with van der Waals surface area (Å²) in [6.07, 6.45) is -0.717. The van der Waals surface area contributed by atoms with E-state index < -0.39 is 6.23 Å². The molecule has 1 unspecified atom stereocenters. The Morgan fingerprint density at radius 2 is 0.915 bits per heavy atom. The van der Waals surface area contributed by atoms with Crippen LogP contribution in [0.3, 0.4) is 0 Å². The van der Waals surface area contributed by atoms with Crippen LogP contribution in [0, 0.1) is 5.41 Å². The molecule has 2 aromatic heterocycles. The summed E-state index contributed by atoms with van der Waals surface area (Å²) >= 11 is 0. The topological polar surface area (TPSA) is 69.0 Å². The highest BCUT2D eigenvalue weighted by atomic mass is 16.5. The molecule has 1 atom stereocenters. The molecular weight excluding hydrogens is 721 g/mol. The SMILES string of the molecule is N=C(OC(N)c1ccccc1)c1ccc(-n2c3ccccc3c3cc(-c4ccc5c(c4)c4cc(-c6cccc7ccccc67)ccc4n5-c4ccccc4)ccc32)cc1. The lowest BCUT2D eigenvalue weighted by atomic mass is 9.96. The molecule has 0 bridgehead atoms. The molecule has 280 valence electrons. The van der Waals surface area contributed by atoms with E-state index in [0.717, 1.165) is 39.1 Å². The first-order valence-corrected chi connectivity index (χ1v) is 19.9. The summed E-state index contributed by atoms with van der Waals surface area (Å²) in [5.74, 6) is 0.0356. The fraction of sp³-hybridized carbons (Fsp3) is 0.0185. The van der Waals surface area contributed by atoms with Crippen molar-refractivity contribution in [2.75, 3.05) is 0 Å². The van der Waals surface area contributed by atoms with Gasteiger partial charge < -0.3 is 13.9 Å². The molecular formula is C54H38N4O. The molecule has 0 radical (unpaired) electrons. The van der Waals surface area contributed by atoms with Gasteiger partial charge in [-0.25, -0.2) is 0 Å². The first-order chi connectivity index (χ1) is 29.1. The van der Waals surface area contributed by atoms with Gasteiger partial charge in [0, 0.05) is 44.0 Å². The third-order valence-electron chi connectivity index (χ3n) is 11.6. The highest BCUT2D eigenvalue weighted by Crippen LogP contribution is 2.40. The van der Waals surface area contributed by atoms with Crippen molar-refractivity contribution in [2.24, 2.45) is 5.73 Å². The number of hydrogen-bond donors (Lipinski definition) is 2. The van der Waals surface area contributed by atoms with Gasteiger partial charge in [0.15, 0.2) is 6.23 Å². The Balaban J connectivity index is 1.01. The molecule has 5 nitrogen and oxygen atoms in total. The van der Waals surface area contributed by atoms with E-state index in [2.05, 4.69) is 161 Å². The van der Waals surface area contributed by atoms with E-state index in [1.54, 1.807) is 0 Å². The first-order valence-electron chi connectivity index (χ1n) is 19.9. The quantitative estimate of drug-likeness (QED) is 0.0965. The molecule has 0 fully saturated rings. The van der Waals surface area contributed by atoms with Crippen LogP contribution in [0.1, 0.15) is 17.4 Å². The molecule has 11 aromatic rings. The molecule has 59 heavy (non-hydrogen) atoms. The number of fused-ring (bicyclic) bond motifs is 7. The average Bonchev–Trinajstić information content (AvgIpc) is 3.81. The minimum atomic E-state index is -0.717. The highest BCUT2D eigenvalue weighted by Gasteiger charge is 2.18. The van der Waals surface area contributed by atoms with Gasteiger partial charge in [-0.2, -0.15) is 0 Å². The molecule has 3 N–H and O–H groups in total. The Morgan fingerprint density at radius 3 is 1.59 bits per heavy atom. The molecule has 0 saturated heterocycles. The molecule has 9 aromatic carbocycles. The standard InChI is InChI=1S/C54H38N4O/c55-53(36-13-3-1-4-14-36)59-54(56)37-22-27-42(28-23-37)58-49-21-10-9-19-45(49)46-32-38(24-29-50(46)58)39-25-30-51-47(33-39)48-34-40(44-20-11-15-35-12-7-8-18-43(35)44)26-31-52(48)57(51)41-16-5-2-6-17-41/h1-34,53,56H,55H2. The molecule has 5 heteroatoms. The third-order valence-corrected chi connectivity index (χ3v) is 11.6. The second-order valence-corrected chi connectivity index (χ2v) is 15.1. The van der Waals surface area contributed by atoms with Crippen LogP contribution in [-0.2, 0) is 4.74 Å². The summed E-state index contributed by atoms with van der Waals surface area (Å²) < 4.78 is 10.5. The van der Waals surface area contributed by atoms with E-state index >= 15 is 0 Å². The summed E-state index contributed by atoms with van der Waals surface area (Å²) in [5.41, 5.74) is 19.2. The van der Waals surface area contributed by atoms with Crippen molar-refractivity contribution in [2.45, 2.75) is 6.23 Å². The van der Waals surface area contributed by atoms with Crippen LogP contribution in [0.25, 0.3) is 88.0 Å². The van der Waals surface area contributed by atoms with Gasteiger partial charge in [0.2, 0.25) is 5.90 Å². The van der Waals surface area contributed by atoms with E-state index in [9.17, 15) is 0 Å². The van der Waals surface area contributed by atoms with Crippen molar-refractivity contribution in [3.8, 4) is 33.6 Å². The summed E-state index contributed by atoms with van der Waals surface area (Å²) in [5, 5.41) is 15.9. The minimum absolute atomic E-state index is 0.0356. The minimum Gasteiger partial charge on any atom is -0.454 e. The summed E-state index contributed by atoms with van der Waals surface area (Å²) in [6.45, 7) is 0. The fourth-order valence-corrected chi connectivity index (χ4v) is 8.80. The fourth-order valence-electron chi connectivity index (χ4n) is 8.80. The maximum atomic E-state index is 8.63. The summed E-state index contributed by atoms with van der Waals surface area (Å²) in [7, 11) is 0. The third kappa shape index (κ3) is 5.87. The van der Waals surface area contributed by atoms with Gasteiger partial charge in [0.05, 0.1) is 22.1 Å². The lowest BCUT2D eigenvalue weighted by Crippen LogP contribution is -2.19. The van der Waals surface area contributed by atoms with Crippen LogP contribution >= 0.6 is 0 Å². The van der Waals surface area contributed by atoms with Crippen molar-refractivity contribution in [1.29, 1.82) is 5.41 Å². The van der Waals surface area contributed by atoms with Gasteiger partial charge in [-0.05, 0) is 112 Å². The van der Waals surface area contributed by atoms with Crippen molar-refractivity contribution in [3.05, 3.63) is 217 Å². The van der Waals surface area contributed by atoms with Gasteiger partial charge in [0.25, 0.3) is 0 Å². The summed E-state index contributed by atoms with van der Waals surface area (Å²) in [4.78, 5) is 0. The number of aromatic nitrogens is 2.